The third-order valence-electron chi connectivity index (χ3n) is 5.90. The van der Waals surface area contributed by atoms with Crippen molar-refractivity contribution in [2.24, 2.45) is 0 Å². The highest BCUT2D eigenvalue weighted by Gasteiger charge is 2.32. The number of fused-ring (bicyclic) bond motifs is 1. The van der Waals surface area contributed by atoms with Gasteiger partial charge in [0.25, 0.3) is 0 Å². The lowest BCUT2D eigenvalue weighted by molar-refractivity contribution is -0.138. The Morgan fingerprint density at radius 1 is 1.24 bits per heavy atom. The van der Waals surface area contributed by atoms with E-state index in [-0.39, 0.29) is 18.4 Å². The lowest BCUT2D eigenvalue weighted by Crippen LogP contribution is -2.22. The first-order chi connectivity index (χ1) is 13.8. The van der Waals surface area contributed by atoms with Gasteiger partial charge in [0, 0.05) is 17.3 Å². The van der Waals surface area contributed by atoms with Crippen molar-refractivity contribution in [2.75, 3.05) is 0 Å². The van der Waals surface area contributed by atoms with Crippen LogP contribution in [0.4, 0.5) is 13.2 Å². The molecule has 0 aliphatic heterocycles. The minimum Gasteiger partial charge on any atom is -0.481 e. The largest absolute Gasteiger partial charge is 0.481 e. The molecule has 1 aliphatic rings. The molecule has 1 heterocycles. The van der Waals surface area contributed by atoms with E-state index in [0.717, 1.165) is 67.6 Å². The Bertz CT molecular complexity index is 852. The molecule has 1 aromatic carbocycles. The van der Waals surface area contributed by atoms with Crippen molar-refractivity contribution in [3.8, 4) is 0 Å². The van der Waals surface area contributed by atoms with Gasteiger partial charge in [0.05, 0.1) is 18.0 Å². The quantitative estimate of drug-likeness (QED) is 0.581. The standard InChI is InChI=1S/C23H28F3NO2/c1-3-6-20(15-9-11-18(12-10-15)23(24,25)26)27-19(4-2)13-16-7-5-8-17(22(16)27)14-21(28)29/h9-13,17,20H,3-8,14H2,1-2H3,(H,28,29)/t17?,20-/m1/s1. The minimum absolute atomic E-state index is 0.0506. The van der Waals surface area contributed by atoms with Gasteiger partial charge in [-0.2, -0.15) is 13.2 Å². The monoisotopic (exact) mass is 407 g/mol. The second kappa shape index (κ2) is 8.64. The van der Waals surface area contributed by atoms with E-state index in [2.05, 4.69) is 24.5 Å². The molecule has 0 spiro atoms. The van der Waals surface area contributed by atoms with Gasteiger partial charge in [-0.25, -0.2) is 0 Å². The molecule has 0 saturated carbocycles. The Kier molecular flexibility index (Phi) is 6.39. The fraction of sp³-hybridized carbons (Fsp3) is 0.522. The van der Waals surface area contributed by atoms with E-state index in [9.17, 15) is 23.1 Å². The van der Waals surface area contributed by atoms with E-state index >= 15 is 0 Å². The molecule has 0 saturated heterocycles. The van der Waals surface area contributed by atoms with Crippen molar-refractivity contribution in [3.63, 3.8) is 0 Å². The maximum absolute atomic E-state index is 13.0. The lowest BCUT2D eigenvalue weighted by Gasteiger charge is -2.30. The second-order valence-electron chi connectivity index (χ2n) is 7.88. The van der Waals surface area contributed by atoms with Crippen LogP contribution in [0.15, 0.2) is 30.3 Å². The number of rotatable bonds is 7. The average molecular weight is 407 g/mol. The summed E-state index contributed by atoms with van der Waals surface area (Å²) in [5.41, 5.74) is 3.60. The van der Waals surface area contributed by atoms with E-state index in [1.54, 1.807) is 12.1 Å². The zero-order valence-corrected chi connectivity index (χ0v) is 16.9. The Hall–Kier alpha value is -2.24. The van der Waals surface area contributed by atoms with Crippen LogP contribution in [0.3, 0.4) is 0 Å². The molecule has 3 rings (SSSR count). The van der Waals surface area contributed by atoms with E-state index < -0.39 is 17.7 Å². The van der Waals surface area contributed by atoms with Crippen LogP contribution in [0.25, 0.3) is 0 Å². The molecule has 6 heteroatoms. The van der Waals surface area contributed by atoms with Crippen LogP contribution in [0.2, 0.25) is 0 Å². The number of aliphatic carboxylic acids is 1. The van der Waals surface area contributed by atoms with Gasteiger partial charge in [-0.1, -0.05) is 32.4 Å². The number of carbonyl (C=O) groups is 1. The molecular weight excluding hydrogens is 379 g/mol. The zero-order chi connectivity index (χ0) is 21.2. The van der Waals surface area contributed by atoms with Crippen LogP contribution in [0, 0.1) is 0 Å². The number of alkyl halides is 3. The molecule has 2 aromatic rings. The summed E-state index contributed by atoms with van der Waals surface area (Å²) in [4.78, 5) is 11.4. The summed E-state index contributed by atoms with van der Waals surface area (Å²) < 4.78 is 41.2. The molecule has 1 unspecified atom stereocenters. The van der Waals surface area contributed by atoms with E-state index in [4.69, 9.17) is 0 Å². The van der Waals surface area contributed by atoms with Gasteiger partial charge in [-0.3, -0.25) is 4.79 Å². The number of carboxylic acid groups (broad SMARTS) is 1. The highest BCUT2D eigenvalue weighted by molar-refractivity contribution is 5.68. The molecule has 0 amide bonds. The number of carboxylic acids is 1. The van der Waals surface area contributed by atoms with Gasteiger partial charge in [-0.05, 0) is 61.4 Å². The Morgan fingerprint density at radius 3 is 2.48 bits per heavy atom. The molecule has 1 aliphatic carbocycles. The van der Waals surface area contributed by atoms with Crippen molar-refractivity contribution in [1.82, 2.24) is 4.57 Å². The maximum Gasteiger partial charge on any atom is 0.416 e. The number of hydrogen-bond donors (Lipinski definition) is 1. The van der Waals surface area contributed by atoms with Crippen molar-refractivity contribution in [2.45, 2.75) is 76.9 Å². The first-order valence-electron chi connectivity index (χ1n) is 10.4. The second-order valence-corrected chi connectivity index (χ2v) is 7.88. The van der Waals surface area contributed by atoms with Gasteiger partial charge in [-0.15, -0.1) is 0 Å². The first kappa shape index (κ1) is 21.5. The van der Waals surface area contributed by atoms with Gasteiger partial charge in [0.1, 0.15) is 0 Å². The van der Waals surface area contributed by atoms with Crippen molar-refractivity contribution < 1.29 is 23.1 Å². The Labute approximate surface area is 169 Å². The summed E-state index contributed by atoms with van der Waals surface area (Å²) in [5.74, 6) is -0.861. The van der Waals surface area contributed by atoms with Gasteiger partial charge < -0.3 is 9.67 Å². The Balaban J connectivity index is 2.10. The van der Waals surface area contributed by atoms with Crippen LogP contribution in [-0.2, 0) is 23.8 Å². The van der Waals surface area contributed by atoms with Crippen molar-refractivity contribution in [3.05, 3.63) is 58.4 Å². The molecule has 0 radical (unpaired) electrons. The molecule has 0 fully saturated rings. The summed E-state index contributed by atoms with van der Waals surface area (Å²) in [7, 11) is 0. The molecule has 1 N–H and O–H groups in total. The maximum atomic E-state index is 13.0. The number of nitrogens with zero attached hydrogens (tertiary/aromatic N) is 1. The van der Waals surface area contributed by atoms with E-state index in [1.807, 2.05) is 0 Å². The van der Waals surface area contributed by atoms with Crippen LogP contribution < -0.4 is 0 Å². The van der Waals surface area contributed by atoms with E-state index in [0.29, 0.717) is 0 Å². The summed E-state index contributed by atoms with van der Waals surface area (Å²) >= 11 is 0. The smallest absolute Gasteiger partial charge is 0.416 e. The molecule has 2 atom stereocenters. The van der Waals surface area contributed by atoms with E-state index in [1.165, 1.54) is 5.56 Å². The SMILES string of the molecule is CCC[C@H](c1ccc(C(F)(F)F)cc1)n1c(CC)cc2c1C(CC(=O)O)CCC2. The average Bonchev–Trinajstić information content (AvgIpc) is 3.04. The van der Waals surface area contributed by atoms with Crippen LogP contribution in [0.5, 0.6) is 0 Å². The third kappa shape index (κ3) is 4.51. The summed E-state index contributed by atoms with van der Waals surface area (Å²) in [6.07, 6.45) is 0.934. The molecule has 1 aromatic heterocycles. The number of aromatic nitrogens is 1. The van der Waals surface area contributed by atoms with Crippen LogP contribution in [0.1, 0.15) is 86.0 Å². The zero-order valence-electron chi connectivity index (χ0n) is 16.9. The topological polar surface area (TPSA) is 42.2 Å². The van der Waals surface area contributed by atoms with Crippen LogP contribution >= 0.6 is 0 Å². The van der Waals surface area contributed by atoms with Crippen molar-refractivity contribution in [1.29, 1.82) is 0 Å². The predicted octanol–water partition coefficient (Wildman–Crippen LogP) is 6.35. The fourth-order valence-electron chi connectivity index (χ4n) is 4.65. The summed E-state index contributed by atoms with van der Waals surface area (Å²) in [6.45, 7) is 4.13. The van der Waals surface area contributed by atoms with Gasteiger partial charge in [0.15, 0.2) is 0 Å². The third-order valence-corrected chi connectivity index (χ3v) is 5.90. The molecule has 3 nitrogen and oxygen atoms in total. The molecule has 0 bridgehead atoms. The normalized spacial score (nSPS) is 17.8. The summed E-state index contributed by atoms with van der Waals surface area (Å²) in [5, 5.41) is 9.40. The number of hydrogen-bond acceptors (Lipinski definition) is 1. The van der Waals surface area contributed by atoms with Crippen LogP contribution in [-0.4, -0.2) is 15.6 Å². The molecule has 158 valence electrons. The fourth-order valence-corrected chi connectivity index (χ4v) is 4.65. The lowest BCUT2D eigenvalue weighted by atomic mass is 9.85. The van der Waals surface area contributed by atoms with Crippen molar-refractivity contribution >= 4 is 5.97 Å². The Morgan fingerprint density at radius 2 is 1.93 bits per heavy atom. The first-order valence-corrected chi connectivity index (χ1v) is 10.4. The number of aryl methyl sites for hydroxylation is 2. The molecule has 29 heavy (non-hydrogen) atoms. The predicted molar refractivity (Wildman–Crippen MR) is 106 cm³/mol. The highest BCUT2D eigenvalue weighted by Crippen LogP contribution is 2.41. The van der Waals surface area contributed by atoms with Gasteiger partial charge >= 0.3 is 12.1 Å². The molecular formula is C23H28F3NO2. The minimum atomic E-state index is -4.35. The highest BCUT2D eigenvalue weighted by atomic mass is 19.4. The van der Waals surface area contributed by atoms with Gasteiger partial charge in [0.2, 0.25) is 0 Å². The number of benzene rings is 1. The number of halogens is 3. The summed E-state index contributed by atoms with van der Waals surface area (Å²) in [6, 6.07) is 7.53.